The van der Waals surface area contributed by atoms with Gasteiger partial charge in [0.2, 0.25) is 5.91 Å². The first-order valence-corrected chi connectivity index (χ1v) is 6.24. The Morgan fingerprint density at radius 1 is 1.00 bits per heavy atom. The van der Waals surface area contributed by atoms with Crippen LogP contribution in [0.2, 0.25) is 0 Å². The molecule has 0 aliphatic heterocycles. The molecule has 0 atom stereocenters. The Bertz CT molecular complexity index is 227. The van der Waals surface area contributed by atoms with Crippen molar-refractivity contribution in [2.24, 2.45) is 5.41 Å². The zero-order valence-electron chi connectivity index (χ0n) is 12.1. The third kappa shape index (κ3) is 10.3. The zero-order valence-corrected chi connectivity index (χ0v) is 12.1. The van der Waals surface area contributed by atoms with Crippen LogP contribution in [0, 0.1) is 5.41 Å². The van der Waals surface area contributed by atoms with E-state index in [0.29, 0.717) is 19.8 Å². The quantitative estimate of drug-likeness (QED) is 0.697. The van der Waals surface area contributed by atoms with Crippen molar-refractivity contribution in [3.8, 4) is 0 Å². The number of carbonyl (C=O) groups excluding carboxylic acids is 1. The summed E-state index contributed by atoms with van der Waals surface area (Å²) in [5.41, 5.74) is -0.197. The lowest BCUT2D eigenvalue weighted by atomic mass is 9.96. The fourth-order valence-corrected chi connectivity index (χ4v) is 1.10. The molecule has 0 saturated carbocycles. The number of carbonyl (C=O) groups is 1. The van der Waals surface area contributed by atoms with Crippen LogP contribution >= 0.6 is 0 Å². The molecule has 102 valence electrons. The van der Waals surface area contributed by atoms with E-state index in [4.69, 9.17) is 4.74 Å². The Balaban J connectivity index is 3.39. The van der Waals surface area contributed by atoms with Crippen molar-refractivity contribution in [1.29, 1.82) is 0 Å². The molecule has 1 amide bonds. The molecule has 0 aromatic heterocycles. The van der Waals surface area contributed by atoms with Crippen LogP contribution in [0.1, 0.15) is 41.5 Å². The fraction of sp³-hybridized carbons (Fsp3) is 0.923. The maximum atomic E-state index is 11.5. The second-order valence-corrected chi connectivity index (χ2v) is 6.30. The average Bonchev–Trinajstić information content (AvgIpc) is 2.12. The first kappa shape index (κ1) is 16.4. The molecule has 4 heteroatoms. The molecule has 0 aliphatic rings. The topological polar surface area (TPSA) is 50.4 Å². The first-order chi connectivity index (χ1) is 7.63. The summed E-state index contributed by atoms with van der Waals surface area (Å²) in [7, 11) is 0. The SMILES string of the molecule is CC(C)(C)NCCOCCNC(=O)C(C)(C)C. The highest BCUT2D eigenvalue weighted by atomic mass is 16.5. The predicted molar refractivity (Wildman–Crippen MR) is 71.0 cm³/mol. The lowest BCUT2D eigenvalue weighted by Crippen LogP contribution is -2.39. The Morgan fingerprint density at radius 3 is 2.00 bits per heavy atom. The van der Waals surface area contributed by atoms with Gasteiger partial charge in [-0.25, -0.2) is 0 Å². The van der Waals surface area contributed by atoms with Crippen molar-refractivity contribution >= 4 is 5.91 Å². The summed E-state index contributed by atoms with van der Waals surface area (Å²) in [6.45, 7) is 14.7. The molecule has 0 heterocycles. The molecule has 17 heavy (non-hydrogen) atoms. The monoisotopic (exact) mass is 244 g/mol. The molecule has 0 spiro atoms. The number of amides is 1. The maximum absolute atomic E-state index is 11.5. The minimum atomic E-state index is -0.326. The van der Waals surface area contributed by atoms with Crippen molar-refractivity contribution in [2.45, 2.75) is 47.1 Å². The number of hydrogen-bond acceptors (Lipinski definition) is 3. The highest BCUT2D eigenvalue weighted by molar-refractivity contribution is 5.81. The van der Waals surface area contributed by atoms with Gasteiger partial charge in [-0.15, -0.1) is 0 Å². The number of nitrogens with one attached hydrogen (secondary N) is 2. The van der Waals surface area contributed by atoms with Crippen LogP contribution in [-0.4, -0.2) is 37.7 Å². The van der Waals surface area contributed by atoms with Crippen molar-refractivity contribution in [3.63, 3.8) is 0 Å². The molecule has 0 unspecified atom stereocenters. The standard InChI is InChI=1S/C13H28N2O2/c1-12(2,3)11(16)14-7-9-17-10-8-15-13(4,5)6/h15H,7-10H2,1-6H3,(H,14,16). The average molecular weight is 244 g/mol. The lowest BCUT2D eigenvalue weighted by Gasteiger charge is -2.20. The van der Waals surface area contributed by atoms with Crippen LogP contribution in [0.5, 0.6) is 0 Å². The molecule has 0 radical (unpaired) electrons. The molecule has 0 bridgehead atoms. The first-order valence-electron chi connectivity index (χ1n) is 6.24. The molecule has 0 fully saturated rings. The highest BCUT2D eigenvalue weighted by Crippen LogP contribution is 2.11. The summed E-state index contributed by atoms with van der Waals surface area (Å²) in [6.07, 6.45) is 0. The molecule has 0 aliphatic carbocycles. The predicted octanol–water partition coefficient (Wildman–Crippen LogP) is 1.55. The zero-order chi connectivity index (χ0) is 13.5. The molecule has 2 N–H and O–H groups in total. The lowest BCUT2D eigenvalue weighted by molar-refractivity contribution is -0.128. The maximum Gasteiger partial charge on any atom is 0.225 e. The molecule has 4 nitrogen and oxygen atoms in total. The Labute approximate surface area is 105 Å². The summed E-state index contributed by atoms with van der Waals surface area (Å²) in [6, 6.07) is 0. The molecule has 0 aromatic carbocycles. The van der Waals surface area contributed by atoms with Crippen LogP contribution in [0.3, 0.4) is 0 Å². The van der Waals surface area contributed by atoms with E-state index in [0.717, 1.165) is 6.54 Å². The van der Waals surface area contributed by atoms with Gasteiger partial charge in [-0.2, -0.15) is 0 Å². The third-order valence-corrected chi connectivity index (χ3v) is 2.11. The molecule has 0 rings (SSSR count). The smallest absolute Gasteiger partial charge is 0.225 e. The van der Waals surface area contributed by atoms with E-state index >= 15 is 0 Å². The van der Waals surface area contributed by atoms with Gasteiger partial charge in [0.25, 0.3) is 0 Å². The summed E-state index contributed by atoms with van der Waals surface area (Å²) in [5, 5.41) is 6.18. The van der Waals surface area contributed by atoms with Crippen LogP contribution in [0.25, 0.3) is 0 Å². The van der Waals surface area contributed by atoms with E-state index in [2.05, 4.69) is 31.4 Å². The van der Waals surface area contributed by atoms with Crippen LogP contribution in [0.4, 0.5) is 0 Å². The molecular weight excluding hydrogens is 216 g/mol. The van der Waals surface area contributed by atoms with Gasteiger partial charge in [0.05, 0.1) is 13.2 Å². The summed E-state index contributed by atoms with van der Waals surface area (Å²) >= 11 is 0. The van der Waals surface area contributed by atoms with E-state index in [1.165, 1.54) is 0 Å². The van der Waals surface area contributed by atoms with Crippen molar-refractivity contribution in [2.75, 3.05) is 26.3 Å². The minimum Gasteiger partial charge on any atom is -0.378 e. The van der Waals surface area contributed by atoms with E-state index in [9.17, 15) is 4.79 Å². The van der Waals surface area contributed by atoms with Gasteiger partial charge in [-0.1, -0.05) is 20.8 Å². The number of hydrogen-bond donors (Lipinski definition) is 2. The van der Waals surface area contributed by atoms with E-state index < -0.39 is 0 Å². The summed E-state index contributed by atoms with van der Waals surface area (Å²) < 4.78 is 5.41. The molecule has 0 aromatic rings. The van der Waals surface area contributed by atoms with Gasteiger partial charge < -0.3 is 15.4 Å². The highest BCUT2D eigenvalue weighted by Gasteiger charge is 2.20. The Kier molecular flexibility index (Phi) is 6.72. The second-order valence-electron chi connectivity index (χ2n) is 6.30. The van der Waals surface area contributed by atoms with Crippen LogP contribution in [0.15, 0.2) is 0 Å². The van der Waals surface area contributed by atoms with E-state index in [1.54, 1.807) is 0 Å². The van der Waals surface area contributed by atoms with Crippen LogP contribution in [-0.2, 0) is 9.53 Å². The molecule has 0 saturated heterocycles. The minimum absolute atomic E-state index is 0.0638. The molecular formula is C13H28N2O2. The van der Waals surface area contributed by atoms with Gasteiger partial charge in [0.15, 0.2) is 0 Å². The van der Waals surface area contributed by atoms with Crippen molar-refractivity contribution < 1.29 is 9.53 Å². The Hall–Kier alpha value is -0.610. The Morgan fingerprint density at radius 2 is 1.53 bits per heavy atom. The van der Waals surface area contributed by atoms with Gasteiger partial charge >= 0.3 is 0 Å². The van der Waals surface area contributed by atoms with Gasteiger partial charge in [0, 0.05) is 24.0 Å². The van der Waals surface area contributed by atoms with Crippen molar-refractivity contribution in [1.82, 2.24) is 10.6 Å². The van der Waals surface area contributed by atoms with E-state index in [-0.39, 0.29) is 16.9 Å². The largest absolute Gasteiger partial charge is 0.378 e. The fourth-order valence-electron chi connectivity index (χ4n) is 1.10. The van der Waals surface area contributed by atoms with E-state index in [1.807, 2.05) is 20.8 Å². The van der Waals surface area contributed by atoms with Gasteiger partial charge in [-0.3, -0.25) is 4.79 Å². The van der Waals surface area contributed by atoms with Crippen molar-refractivity contribution in [3.05, 3.63) is 0 Å². The van der Waals surface area contributed by atoms with Gasteiger partial charge in [0.1, 0.15) is 0 Å². The second kappa shape index (κ2) is 6.97. The van der Waals surface area contributed by atoms with Crippen LogP contribution < -0.4 is 10.6 Å². The van der Waals surface area contributed by atoms with Gasteiger partial charge in [-0.05, 0) is 20.8 Å². The third-order valence-electron chi connectivity index (χ3n) is 2.11. The summed E-state index contributed by atoms with van der Waals surface area (Å²) in [4.78, 5) is 11.5. The number of rotatable bonds is 6. The normalized spacial score (nSPS) is 12.6. The number of ether oxygens (including phenoxy) is 1. The summed E-state index contributed by atoms with van der Waals surface area (Å²) in [5.74, 6) is 0.0638.